The zero-order valence-electron chi connectivity index (χ0n) is 8.53. The molecule has 4 heteroatoms. The van der Waals surface area contributed by atoms with Gasteiger partial charge in [0.2, 0.25) is 5.78 Å². The van der Waals surface area contributed by atoms with Crippen LogP contribution in [0.5, 0.6) is 0 Å². The standard InChI is InChI=1S/C11H14N2OS/c12-6-10-13-9(7-15-10)11(14)8-4-2-1-3-5-8/h4,7H,1-3,5-6,12H2. The summed E-state index contributed by atoms with van der Waals surface area (Å²) in [7, 11) is 0. The number of rotatable bonds is 3. The Morgan fingerprint density at radius 3 is 3.00 bits per heavy atom. The lowest BCUT2D eigenvalue weighted by molar-refractivity contribution is 0.102. The van der Waals surface area contributed by atoms with E-state index in [1.54, 1.807) is 5.38 Å². The quantitative estimate of drug-likeness (QED) is 0.798. The van der Waals surface area contributed by atoms with Crippen LogP contribution in [0.4, 0.5) is 0 Å². The summed E-state index contributed by atoms with van der Waals surface area (Å²) in [5, 5.41) is 2.63. The molecule has 1 aliphatic carbocycles. The maximum Gasteiger partial charge on any atom is 0.207 e. The van der Waals surface area contributed by atoms with Crippen molar-refractivity contribution in [2.75, 3.05) is 0 Å². The Kier molecular flexibility index (Phi) is 3.28. The average molecular weight is 222 g/mol. The molecular weight excluding hydrogens is 208 g/mol. The zero-order valence-corrected chi connectivity index (χ0v) is 9.35. The average Bonchev–Trinajstić information content (AvgIpc) is 2.78. The summed E-state index contributed by atoms with van der Waals surface area (Å²) in [5.41, 5.74) is 6.95. The van der Waals surface area contributed by atoms with E-state index < -0.39 is 0 Å². The van der Waals surface area contributed by atoms with Gasteiger partial charge in [0.05, 0.1) is 0 Å². The highest BCUT2D eigenvalue weighted by Crippen LogP contribution is 2.22. The highest BCUT2D eigenvalue weighted by molar-refractivity contribution is 7.09. The number of carbonyl (C=O) groups excluding carboxylic acids is 1. The van der Waals surface area contributed by atoms with Gasteiger partial charge < -0.3 is 5.73 Å². The van der Waals surface area contributed by atoms with E-state index in [9.17, 15) is 4.79 Å². The van der Waals surface area contributed by atoms with Crippen LogP contribution >= 0.6 is 11.3 Å². The Balaban J connectivity index is 2.16. The van der Waals surface area contributed by atoms with Crippen molar-refractivity contribution in [2.24, 2.45) is 5.73 Å². The lowest BCUT2D eigenvalue weighted by atomic mass is 9.95. The van der Waals surface area contributed by atoms with Crippen molar-refractivity contribution in [3.05, 3.63) is 27.7 Å². The fourth-order valence-electron chi connectivity index (χ4n) is 1.72. The lowest BCUT2D eigenvalue weighted by Gasteiger charge is -2.09. The molecule has 0 aliphatic heterocycles. The molecule has 0 saturated heterocycles. The summed E-state index contributed by atoms with van der Waals surface area (Å²) in [5.74, 6) is 0.0886. The molecule has 1 aromatic rings. The summed E-state index contributed by atoms with van der Waals surface area (Å²) >= 11 is 1.46. The Hall–Kier alpha value is -1.00. The van der Waals surface area contributed by atoms with Crippen LogP contribution in [0, 0.1) is 0 Å². The monoisotopic (exact) mass is 222 g/mol. The molecule has 0 fully saturated rings. The van der Waals surface area contributed by atoms with Crippen LogP contribution < -0.4 is 5.73 Å². The molecule has 0 aromatic carbocycles. The highest BCUT2D eigenvalue weighted by atomic mass is 32.1. The van der Waals surface area contributed by atoms with Crippen molar-refractivity contribution in [2.45, 2.75) is 32.2 Å². The van der Waals surface area contributed by atoms with E-state index in [0.717, 1.165) is 29.8 Å². The van der Waals surface area contributed by atoms with Crippen LogP contribution in [0.3, 0.4) is 0 Å². The van der Waals surface area contributed by atoms with E-state index in [2.05, 4.69) is 4.98 Å². The molecule has 80 valence electrons. The molecule has 0 radical (unpaired) electrons. The van der Waals surface area contributed by atoms with Gasteiger partial charge in [-0.3, -0.25) is 4.79 Å². The smallest absolute Gasteiger partial charge is 0.207 e. The molecular formula is C11H14N2OS. The van der Waals surface area contributed by atoms with Crippen LogP contribution in [0.25, 0.3) is 0 Å². The van der Waals surface area contributed by atoms with Crippen LogP contribution in [0.1, 0.15) is 41.2 Å². The van der Waals surface area contributed by atoms with Crippen molar-refractivity contribution in [1.29, 1.82) is 0 Å². The summed E-state index contributed by atoms with van der Waals surface area (Å²) in [6, 6.07) is 0. The minimum atomic E-state index is 0.0886. The van der Waals surface area contributed by atoms with Crippen LogP contribution in [-0.2, 0) is 6.54 Å². The first-order valence-electron chi connectivity index (χ1n) is 5.19. The summed E-state index contributed by atoms with van der Waals surface area (Å²) < 4.78 is 0. The second kappa shape index (κ2) is 4.68. The van der Waals surface area contributed by atoms with E-state index >= 15 is 0 Å². The van der Waals surface area contributed by atoms with Crippen molar-refractivity contribution >= 4 is 17.1 Å². The second-order valence-corrected chi connectivity index (χ2v) is 4.58. The number of Topliss-reactive ketones (excluding diaryl/α,β-unsaturated/α-hetero) is 1. The van der Waals surface area contributed by atoms with Crippen molar-refractivity contribution in [3.8, 4) is 0 Å². The minimum Gasteiger partial charge on any atom is -0.325 e. The summed E-state index contributed by atoms with van der Waals surface area (Å²) in [4.78, 5) is 16.2. The first kappa shape index (κ1) is 10.5. The number of nitrogens with two attached hydrogens (primary N) is 1. The number of aromatic nitrogens is 1. The molecule has 1 heterocycles. The number of hydrogen-bond acceptors (Lipinski definition) is 4. The SMILES string of the molecule is NCc1nc(C(=O)C2=CCCCC2)cs1. The molecule has 0 saturated carbocycles. The maximum absolute atomic E-state index is 12.0. The Bertz CT molecular complexity index is 395. The topological polar surface area (TPSA) is 56.0 Å². The first-order chi connectivity index (χ1) is 7.31. The largest absolute Gasteiger partial charge is 0.325 e. The Morgan fingerprint density at radius 2 is 2.40 bits per heavy atom. The molecule has 0 amide bonds. The summed E-state index contributed by atoms with van der Waals surface area (Å²) in [6.45, 7) is 0.414. The third-order valence-corrected chi connectivity index (χ3v) is 3.41. The summed E-state index contributed by atoms with van der Waals surface area (Å²) in [6.07, 6.45) is 6.28. The number of allylic oxidation sites excluding steroid dienone is 2. The van der Waals surface area contributed by atoms with E-state index in [4.69, 9.17) is 5.73 Å². The predicted molar refractivity (Wildman–Crippen MR) is 60.9 cm³/mol. The molecule has 0 spiro atoms. The number of thiazole rings is 1. The third kappa shape index (κ3) is 2.33. The third-order valence-electron chi connectivity index (χ3n) is 2.54. The van der Waals surface area contributed by atoms with Gasteiger partial charge in [0.15, 0.2) is 0 Å². The van der Waals surface area contributed by atoms with Gasteiger partial charge in [-0.15, -0.1) is 11.3 Å². The number of carbonyl (C=O) groups is 1. The van der Waals surface area contributed by atoms with E-state index in [-0.39, 0.29) is 5.78 Å². The predicted octanol–water partition coefficient (Wildman–Crippen LogP) is 2.28. The highest BCUT2D eigenvalue weighted by Gasteiger charge is 2.16. The van der Waals surface area contributed by atoms with Gasteiger partial charge >= 0.3 is 0 Å². The van der Waals surface area contributed by atoms with Gasteiger partial charge in [0.1, 0.15) is 10.7 Å². The van der Waals surface area contributed by atoms with Gasteiger partial charge in [-0.05, 0) is 31.3 Å². The fraction of sp³-hybridized carbons (Fsp3) is 0.455. The van der Waals surface area contributed by atoms with Gasteiger partial charge in [0.25, 0.3) is 0 Å². The molecule has 0 bridgehead atoms. The number of hydrogen-bond donors (Lipinski definition) is 1. The lowest BCUT2D eigenvalue weighted by Crippen LogP contribution is -2.07. The molecule has 2 rings (SSSR count). The van der Waals surface area contributed by atoms with E-state index in [0.29, 0.717) is 12.2 Å². The van der Waals surface area contributed by atoms with Crippen molar-refractivity contribution in [1.82, 2.24) is 4.98 Å². The van der Waals surface area contributed by atoms with Gasteiger partial charge in [-0.25, -0.2) is 4.98 Å². The van der Waals surface area contributed by atoms with E-state index in [1.807, 2.05) is 6.08 Å². The molecule has 3 nitrogen and oxygen atoms in total. The molecule has 1 aliphatic rings. The molecule has 0 atom stereocenters. The first-order valence-corrected chi connectivity index (χ1v) is 6.07. The minimum absolute atomic E-state index is 0.0886. The second-order valence-electron chi connectivity index (χ2n) is 3.63. The van der Waals surface area contributed by atoms with Gasteiger partial charge in [-0.1, -0.05) is 6.08 Å². The van der Waals surface area contributed by atoms with Crippen LogP contribution in [-0.4, -0.2) is 10.8 Å². The normalized spacial score (nSPS) is 16.2. The van der Waals surface area contributed by atoms with E-state index in [1.165, 1.54) is 17.8 Å². The molecule has 1 aromatic heterocycles. The van der Waals surface area contributed by atoms with Gasteiger partial charge in [-0.2, -0.15) is 0 Å². The van der Waals surface area contributed by atoms with Crippen molar-refractivity contribution in [3.63, 3.8) is 0 Å². The zero-order chi connectivity index (χ0) is 10.7. The Labute approximate surface area is 93.0 Å². The fourth-order valence-corrected chi connectivity index (χ4v) is 2.37. The molecule has 2 N–H and O–H groups in total. The molecule has 0 unspecified atom stereocenters. The number of ketones is 1. The van der Waals surface area contributed by atoms with Crippen LogP contribution in [0.2, 0.25) is 0 Å². The Morgan fingerprint density at radius 1 is 1.53 bits per heavy atom. The van der Waals surface area contributed by atoms with Crippen molar-refractivity contribution < 1.29 is 4.79 Å². The molecule has 15 heavy (non-hydrogen) atoms. The number of nitrogens with zero attached hydrogens (tertiary/aromatic N) is 1. The van der Waals surface area contributed by atoms with Crippen LogP contribution in [0.15, 0.2) is 17.0 Å². The maximum atomic E-state index is 12.0. The van der Waals surface area contributed by atoms with Gasteiger partial charge in [0, 0.05) is 11.9 Å².